The standard InChI is InChI=1S/C25H23BrN2O2/c1-2-3-14-28-15-19-18-6-4-5-7-20(18)27-25(19,16-8-10-17(26)11-9-16)23-21(29)12-13-22(30)24(23)28/h4-13,15,23-24,27H,2-3,14H2,1H3. The number of hydrogen-bond donors (Lipinski definition) is 1. The minimum absolute atomic E-state index is 0.000228. The Morgan fingerprint density at radius 2 is 1.77 bits per heavy atom. The Labute approximate surface area is 184 Å². The van der Waals surface area contributed by atoms with E-state index in [1.54, 1.807) is 0 Å². The monoisotopic (exact) mass is 462 g/mol. The molecule has 0 spiro atoms. The van der Waals surface area contributed by atoms with E-state index in [-0.39, 0.29) is 11.6 Å². The third-order valence-electron chi connectivity index (χ3n) is 6.49. The van der Waals surface area contributed by atoms with E-state index in [1.165, 1.54) is 12.2 Å². The Kier molecular flexibility index (Phi) is 4.66. The Balaban J connectivity index is 1.78. The van der Waals surface area contributed by atoms with Gasteiger partial charge in [-0.3, -0.25) is 9.59 Å². The van der Waals surface area contributed by atoms with Gasteiger partial charge < -0.3 is 10.2 Å². The van der Waals surface area contributed by atoms with Crippen molar-refractivity contribution in [2.75, 3.05) is 11.9 Å². The molecular formula is C25H23BrN2O2. The summed E-state index contributed by atoms with van der Waals surface area (Å²) in [5, 5.41) is 3.70. The molecule has 3 atom stereocenters. The van der Waals surface area contributed by atoms with Crippen molar-refractivity contribution in [3.05, 3.63) is 82.5 Å². The number of halogens is 1. The summed E-state index contributed by atoms with van der Waals surface area (Å²) in [6, 6.07) is 15.8. The van der Waals surface area contributed by atoms with Crippen molar-refractivity contribution in [1.29, 1.82) is 0 Å². The summed E-state index contributed by atoms with van der Waals surface area (Å²) in [6.45, 7) is 2.90. The van der Waals surface area contributed by atoms with Crippen molar-refractivity contribution in [2.45, 2.75) is 31.3 Å². The number of rotatable bonds is 4. The molecular weight excluding hydrogens is 440 g/mol. The Bertz CT molecular complexity index is 1090. The van der Waals surface area contributed by atoms with Crippen LogP contribution in [-0.2, 0) is 15.1 Å². The molecule has 0 radical (unpaired) electrons. The maximum absolute atomic E-state index is 13.4. The maximum atomic E-state index is 13.4. The van der Waals surface area contributed by atoms with Crippen LogP contribution in [0.1, 0.15) is 30.9 Å². The van der Waals surface area contributed by atoms with Crippen LogP contribution in [-0.4, -0.2) is 29.1 Å². The van der Waals surface area contributed by atoms with Crippen LogP contribution in [0.25, 0.3) is 5.57 Å². The number of nitrogens with one attached hydrogen (secondary N) is 1. The first-order chi connectivity index (χ1) is 14.6. The van der Waals surface area contributed by atoms with E-state index in [2.05, 4.69) is 45.3 Å². The zero-order valence-corrected chi connectivity index (χ0v) is 18.4. The van der Waals surface area contributed by atoms with E-state index < -0.39 is 17.5 Å². The number of fused-ring (bicyclic) bond motifs is 5. The van der Waals surface area contributed by atoms with Crippen molar-refractivity contribution in [1.82, 2.24) is 4.90 Å². The molecule has 3 unspecified atom stereocenters. The summed E-state index contributed by atoms with van der Waals surface area (Å²) in [7, 11) is 0. The molecule has 3 aliphatic rings. The second-order valence-corrected chi connectivity index (χ2v) is 9.10. The van der Waals surface area contributed by atoms with Crippen molar-refractivity contribution in [2.24, 2.45) is 5.92 Å². The molecule has 0 aromatic heterocycles. The molecule has 0 saturated carbocycles. The molecule has 0 saturated heterocycles. The molecule has 1 aliphatic carbocycles. The van der Waals surface area contributed by atoms with Crippen molar-refractivity contribution in [3.8, 4) is 0 Å². The van der Waals surface area contributed by atoms with Crippen LogP contribution in [0.3, 0.4) is 0 Å². The van der Waals surface area contributed by atoms with Gasteiger partial charge in [0.05, 0.1) is 5.92 Å². The summed E-state index contributed by atoms with van der Waals surface area (Å²) < 4.78 is 0.978. The lowest BCUT2D eigenvalue weighted by atomic mass is 9.64. The van der Waals surface area contributed by atoms with Crippen LogP contribution in [0.5, 0.6) is 0 Å². The van der Waals surface area contributed by atoms with Gasteiger partial charge in [0.15, 0.2) is 11.6 Å². The first-order valence-corrected chi connectivity index (χ1v) is 11.2. The predicted molar refractivity (Wildman–Crippen MR) is 122 cm³/mol. The van der Waals surface area contributed by atoms with Gasteiger partial charge in [0.25, 0.3) is 0 Å². The van der Waals surface area contributed by atoms with Gasteiger partial charge in [-0.1, -0.05) is 59.6 Å². The fourth-order valence-electron chi connectivity index (χ4n) is 5.14. The minimum atomic E-state index is -0.769. The van der Waals surface area contributed by atoms with Gasteiger partial charge in [0.2, 0.25) is 0 Å². The lowest BCUT2D eigenvalue weighted by Crippen LogP contribution is -2.61. The number of para-hydroxylation sites is 1. The van der Waals surface area contributed by atoms with E-state index in [0.717, 1.165) is 46.2 Å². The lowest BCUT2D eigenvalue weighted by molar-refractivity contribution is -0.131. The molecule has 2 aromatic carbocycles. The number of benzene rings is 2. The van der Waals surface area contributed by atoms with E-state index in [0.29, 0.717) is 0 Å². The van der Waals surface area contributed by atoms with Gasteiger partial charge in [0.1, 0.15) is 11.6 Å². The van der Waals surface area contributed by atoms with Crippen LogP contribution < -0.4 is 5.32 Å². The van der Waals surface area contributed by atoms with Gasteiger partial charge >= 0.3 is 0 Å². The number of allylic oxidation sites excluding steroid dienone is 1. The zero-order chi connectivity index (χ0) is 20.9. The quantitative estimate of drug-likeness (QED) is 0.700. The van der Waals surface area contributed by atoms with Crippen LogP contribution in [0.15, 0.2) is 71.4 Å². The Morgan fingerprint density at radius 1 is 1.03 bits per heavy atom. The van der Waals surface area contributed by atoms with Gasteiger partial charge in [-0.15, -0.1) is 0 Å². The maximum Gasteiger partial charge on any atom is 0.179 e. The fourth-order valence-corrected chi connectivity index (χ4v) is 5.40. The third-order valence-corrected chi connectivity index (χ3v) is 7.02. The highest BCUT2D eigenvalue weighted by molar-refractivity contribution is 9.10. The molecule has 152 valence electrons. The summed E-state index contributed by atoms with van der Waals surface area (Å²) in [6.07, 6.45) is 7.05. The smallest absolute Gasteiger partial charge is 0.179 e. The van der Waals surface area contributed by atoms with Crippen molar-refractivity contribution >= 4 is 38.8 Å². The zero-order valence-electron chi connectivity index (χ0n) is 16.8. The Morgan fingerprint density at radius 3 is 2.53 bits per heavy atom. The van der Waals surface area contributed by atoms with Crippen LogP contribution in [0, 0.1) is 5.92 Å². The third kappa shape index (κ3) is 2.72. The summed E-state index contributed by atoms with van der Waals surface area (Å²) in [5.41, 5.74) is 3.38. The first-order valence-electron chi connectivity index (χ1n) is 10.4. The normalized spacial score (nSPS) is 26.6. The molecule has 2 heterocycles. The number of ketones is 2. The number of unbranched alkanes of at least 4 members (excludes halogenated alkanes) is 1. The predicted octanol–water partition coefficient (Wildman–Crippen LogP) is 4.92. The largest absolute Gasteiger partial charge is 0.370 e. The average Bonchev–Trinajstić information content (AvgIpc) is 3.09. The number of carbonyl (C=O) groups is 2. The number of carbonyl (C=O) groups excluding carboxylic acids is 2. The highest BCUT2D eigenvalue weighted by atomic mass is 79.9. The number of nitrogens with zero attached hydrogens (tertiary/aromatic N) is 1. The van der Waals surface area contributed by atoms with E-state index in [9.17, 15) is 9.59 Å². The molecule has 5 heteroatoms. The van der Waals surface area contributed by atoms with Gasteiger partial charge in [0, 0.05) is 34.0 Å². The van der Waals surface area contributed by atoms with E-state index in [1.807, 2.05) is 42.5 Å². The second-order valence-electron chi connectivity index (χ2n) is 8.18. The first kappa shape index (κ1) is 19.3. The van der Waals surface area contributed by atoms with Gasteiger partial charge in [-0.2, -0.15) is 0 Å². The number of anilines is 1. The van der Waals surface area contributed by atoms with E-state index >= 15 is 0 Å². The average molecular weight is 463 g/mol. The van der Waals surface area contributed by atoms with E-state index in [4.69, 9.17) is 0 Å². The molecule has 2 aromatic rings. The molecule has 0 fully saturated rings. The molecule has 0 bridgehead atoms. The van der Waals surface area contributed by atoms with Crippen molar-refractivity contribution in [3.63, 3.8) is 0 Å². The minimum Gasteiger partial charge on any atom is -0.370 e. The van der Waals surface area contributed by atoms with Crippen LogP contribution in [0.2, 0.25) is 0 Å². The highest BCUT2D eigenvalue weighted by Crippen LogP contribution is 2.56. The number of hydrogen-bond acceptors (Lipinski definition) is 4. The van der Waals surface area contributed by atoms with Crippen molar-refractivity contribution < 1.29 is 9.59 Å². The SMILES string of the molecule is CCCCN1C=C2c3ccccc3NC2(c2ccc(Br)cc2)C2C(=O)C=CC(=O)C21. The summed E-state index contributed by atoms with van der Waals surface area (Å²) in [4.78, 5) is 28.6. The van der Waals surface area contributed by atoms with Crippen LogP contribution in [0.4, 0.5) is 5.69 Å². The molecule has 2 aliphatic heterocycles. The topological polar surface area (TPSA) is 49.4 Å². The van der Waals surface area contributed by atoms with Gasteiger partial charge in [-0.05, 0) is 42.3 Å². The molecule has 4 nitrogen and oxygen atoms in total. The summed E-state index contributed by atoms with van der Waals surface area (Å²) >= 11 is 3.52. The lowest BCUT2D eigenvalue weighted by Gasteiger charge is -2.50. The molecule has 0 amide bonds. The molecule has 1 N–H and O–H groups in total. The fraction of sp³-hybridized carbons (Fsp3) is 0.280. The molecule has 30 heavy (non-hydrogen) atoms. The van der Waals surface area contributed by atoms with Gasteiger partial charge in [-0.25, -0.2) is 0 Å². The summed E-state index contributed by atoms with van der Waals surface area (Å²) in [5.74, 6) is -0.532. The Hall–Kier alpha value is -2.66. The molecule has 5 rings (SSSR count). The highest BCUT2D eigenvalue weighted by Gasteiger charge is 2.59. The second kappa shape index (κ2) is 7.24. The van der Waals surface area contributed by atoms with Crippen LogP contribution >= 0.6 is 15.9 Å².